The molecule has 14 heavy (non-hydrogen) atoms. The molecular weight excluding hydrogens is 194 g/mol. The predicted octanol–water partition coefficient (Wildman–Crippen LogP) is 1.43. The largest absolute Gasteiger partial charge is 0.338 e. The van der Waals surface area contributed by atoms with Crippen LogP contribution in [-0.4, -0.2) is 27.1 Å². The van der Waals surface area contributed by atoms with E-state index >= 15 is 0 Å². The zero-order valence-electron chi connectivity index (χ0n) is 8.94. The molecule has 0 radical (unpaired) electrons. The lowest BCUT2D eigenvalue weighted by atomic mass is 10.3. The number of nitrogens with zero attached hydrogens (tertiary/aromatic N) is 2. The van der Waals surface area contributed by atoms with Crippen LogP contribution >= 0.6 is 11.8 Å². The summed E-state index contributed by atoms with van der Waals surface area (Å²) in [6.45, 7) is 3.02. The van der Waals surface area contributed by atoms with Crippen LogP contribution in [0.25, 0.3) is 0 Å². The van der Waals surface area contributed by atoms with Gasteiger partial charge in [0, 0.05) is 36.9 Å². The molecule has 1 unspecified atom stereocenters. The average molecular weight is 213 g/mol. The number of aryl methyl sites for hydroxylation is 2. The first-order valence-corrected chi connectivity index (χ1v) is 6.06. The first-order valence-electron chi connectivity index (χ1n) is 5.02. The molecule has 1 aromatic heterocycles. The van der Waals surface area contributed by atoms with Crippen molar-refractivity contribution in [3.05, 3.63) is 18.2 Å². The van der Waals surface area contributed by atoms with Crippen molar-refractivity contribution in [2.75, 3.05) is 12.3 Å². The van der Waals surface area contributed by atoms with Crippen LogP contribution in [0.5, 0.6) is 0 Å². The van der Waals surface area contributed by atoms with Crippen molar-refractivity contribution in [1.82, 2.24) is 9.55 Å². The Morgan fingerprint density at radius 3 is 3.00 bits per heavy atom. The predicted molar refractivity (Wildman–Crippen MR) is 62.5 cm³/mol. The fourth-order valence-corrected chi connectivity index (χ4v) is 2.31. The minimum atomic E-state index is 0.667. The third-order valence-electron chi connectivity index (χ3n) is 2.22. The van der Waals surface area contributed by atoms with Gasteiger partial charge in [-0.3, -0.25) is 0 Å². The second kappa shape index (κ2) is 6.09. The van der Waals surface area contributed by atoms with Crippen molar-refractivity contribution in [2.24, 2.45) is 12.8 Å². The third-order valence-corrected chi connectivity index (χ3v) is 3.47. The normalized spacial score (nSPS) is 13.1. The van der Waals surface area contributed by atoms with E-state index in [0.29, 0.717) is 5.25 Å². The van der Waals surface area contributed by atoms with Gasteiger partial charge in [0.2, 0.25) is 0 Å². The Morgan fingerprint density at radius 2 is 2.43 bits per heavy atom. The summed E-state index contributed by atoms with van der Waals surface area (Å²) in [5.74, 6) is 2.30. The Bertz CT molecular complexity index is 260. The quantitative estimate of drug-likeness (QED) is 0.777. The Hall–Kier alpha value is -0.480. The highest BCUT2D eigenvalue weighted by Gasteiger charge is 2.03. The lowest BCUT2D eigenvalue weighted by Gasteiger charge is -2.08. The molecule has 1 heterocycles. The maximum Gasteiger partial charge on any atom is 0.109 e. The van der Waals surface area contributed by atoms with Gasteiger partial charge in [-0.25, -0.2) is 4.98 Å². The zero-order chi connectivity index (χ0) is 10.4. The molecule has 0 aromatic carbocycles. The van der Waals surface area contributed by atoms with E-state index in [4.69, 9.17) is 5.73 Å². The van der Waals surface area contributed by atoms with E-state index in [-0.39, 0.29) is 0 Å². The summed E-state index contributed by atoms with van der Waals surface area (Å²) in [7, 11) is 2.04. The minimum absolute atomic E-state index is 0.667. The number of hydrogen-bond acceptors (Lipinski definition) is 3. The van der Waals surface area contributed by atoms with Crippen LogP contribution in [0.1, 0.15) is 19.2 Å². The Balaban J connectivity index is 2.19. The molecule has 0 aliphatic heterocycles. The van der Waals surface area contributed by atoms with E-state index in [2.05, 4.69) is 16.5 Å². The monoisotopic (exact) mass is 213 g/mol. The second-order valence-corrected chi connectivity index (χ2v) is 5.01. The molecule has 0 amide bonds. The molecule has 1 aromatic rings. The fourth-order valence-electron chi connectivity index (χ4n) is 1.31. The molecule has 0 saturated heterocycles. The van der Waals surface area contributed by atoms with Crippen LogP contribution in [0.15, 0.2) is 12.4 Å². The lowest BCUT2D eigenvalue weighted by Crippen LogP contribution is -2.08. The van der Waals surface area contributed by atoms with Crippen molar-refractivity contribution in [1.29, 1.82) is 0 Å². The number of imidazole rings is 1. The lowest BCUT2D eigenvalue weighted by molar-refractivity contribution is 0.802. The summed E-state index contributed by atoms with van der Waals surface area (Å²) in [5, 5.41) is 0.667. The highest BCUT2D eigenvalue weighted by molar-refractivity contribution is 7.99. The van der Waals surface area contributed by atoms with Gasteiger partial charge in [0.25, 0.3) is 0 Å². The van der Waals surface area contributed by atoms with Crippen molar-refractivity contribution >= 4 is 11.8 Å². The molecule has 80 valence electrons. The smallest absolute Gasteiger partial charge is 0.109 e. The number of aromatic nitrogens is 2. The summed E-state index contributed by atoms with van der Waals surface area (Å²) in [5.41, 5.74) is 5.49. The number of hydrogen-bond donors (Lipinski definition) is 1. The molecule has 0 saturated carbocycles. The maximum atomic E-state index is 5.49. The van der Waals surface area contributed by atoms with Crippen LogP contribution in [0.4, 0.5) is 0 Å². The van der Waals surface area contributed by atoms with Crippen molar-refractivity contribution in [3.63, 3.8) is 0 Å². The van der Waals surface area contributed by atoms with E-state index in [1.165, 1.54) is 0 Å². The first kappa shape index (κ1) is 11.6. The van der Waals surface area contributed by atoms with Gasteiger partial charge in [-0.05, 0) is 13.0 Å². The van der Waals surface area contributed by atoms with Crippen LogP contribution < -0.4 is 5.73 Å². The molecule has 0 aliphatic carbocycles. The van der Waals surface area contributed by atoms with Gasteiger partial charge in [-0.2, -0.15) is 11.8 Å². The van der Waals surface area contributed by atoms with Gasteiger partial charge in [0.1, 0.15) is 5.82 Å². The van der Waals surface area contributed by atoms with Crippen molar-refractivity contribution in [3.8, 4) is 0 Å². The first-order chi connectivity index (χ1) is 6.74. The van der Waals surface area contributed by atoms with E-state index in [1.54, 1.807) is 0 Å². The van der Waals surface area contributed by atoms with Crippen molar-refractivity contribution in [2.45, 2.75) is 25.0 Å². The van der Waals surface area contributed by atoms with E-state index < -0.39 is 0 Å². The highest BCUT2D eigenvalue weighted by Crippen LogP contribution is 2.14. The summed E-state index contributed by atoms with van der Waals surface area (Å²) in [6.07, 6.45) is 5.99. The van der Waals surface area contributed by atoms with Crippen LogP contribution in [-0.2, 0) is 13.5 Å². The fraction of sp³-hybridized carbons (Fsp3) is 0.700. The van der Waals surface area contributed by atoms with Gasteiger partial charge < -0.3 is 10.3 Å². The molecule has 2 N–H and O–H groups in total. The molecule has 3 nitrogen and oxygen atoms in total. The number of rotatable bonds is 6. The van der Waals surface area contributed by atoms with E-state index in [0.717, 1.165) is 31.0 Å². The van der Waals surface area contributed by atoms with Crippen LogP contribution in [0, 0.1) is 0 Å². The van der Waals surface area contributed by atoms with Gasteiger partial charge in [-0.15, -0.1) is 0 Å². The highest BCUT2D eigenvalue weighted by atomic mass is 32.2. The summed E-state index contributed by atoms with van der Waals surface area (Å²) < 4.78 is 2.08. The van der Waals surface area contributed by atoms with E-state index in [9.17, 15) is 0 Å². The summed E-state index contributed by atoms with van der Waals surface area (Å²) >= 11 is 1.97. The van der Waals surface area contributed by atoms with Gasteiger partial charge in [-0.1, -0.05) is 6.92 Å². The number of nitrogens with two attached hydrogens (primary N) is 1. The third kappa shape index (κ3) is 3.72. The van der Waals surface area contributed by atoms with Gasteiger partial charge in [0.15, 0.2) is 0 Å². The Morgan fingerprint density at radius 1 is 1.64 bits per heavy atom. The van der Waals surface area contributed by atoms with Crippen molar-refractivity contribution < 1.29 is 0 Å². The molecule has 4 heteroatoms. The molecule has 0 spiro atoms. The molecule has 0 fully saturated rings. The van der Waals surface area contributed by atoms with E-state index in [1.807, 2.05) is 31.2 Å². The minimum Gasteiger partial charge on any atom is -0.338 e. The molecule has 0 aliphatic rings. The Labute approximate surface area is 90.1 Å². The molecule has 1 rings (SSSR count). The molecular formula is C10H19N3S. The summed E-state index contributed by atoms with van der Waals surface area (Å²) in [6, 6.07) is 0. The second-order valence-electron chi connectivity index (χ2n) is 3.46. The number of thioether (sulfide) groups is 1. The van der Waals surface area contributed by atoms with Gasteiger partial charge in [0.05, 0.1) is 0 Å². The molecule has 1 atom stereocenters. The topological polar surface area (TPSA) is 43.8 Å². The van der Waals surface area contributed by atoms with Crippen LogP contribution in [0.3, 0.4) is 0 Å². The van der Waals surface area contributed by atoms with Crippen LogP contribution in [0.2, 0.25) is 0 Å². The SMILES string of the molecule is CC(CCN)SCCc1nccn1C. The molecule has 0 bridgehead atoms. The average Bonchev–Trinajstić information content (AvgIpc) is 2.52. The summed E-state index contributed by atoms with van der Waals surface area (Å²) in [4.78, 5) is 4.28. The maximum absolute atomic E-state index is 5.49. The van der Waals surface area contributed by atoms with Gasteiger partial charge >= 0.3 is 0 Å². The zero-order valence-corrected chi connectivity index (χ0v) is 9.76. The Kier molecular flexibility index (Phi) is 5.04. The standard InChI is InChI=1S/C10H19N3S/c1-9(3-5-11)14-8-4-10-12-6-7-13(10)2/h6-7,9H,3-5,8,11H2,1-2H3.